The van der Waals surface area contributed by atoms with Gasteiger partial charge in [0.2, 0.25) is 0 Å². The van der Waals surface area contributed by atoms with Crippen molar-refractivity contribution in [2.75, 3.05) is 12.4 Å². The van der Waals surface area contributed by atoms with Crippen molar-refractivity contribution in [3.63, 3.8) is 0 Å². The van der Waals surface area contributed by atoms with Crippen LogP contribution in [0.2, 0.25) is 0 Å². The second-order valence-electron chi connectivity index (χ2n) is 4.38. The van der Waals surface area contributed by atoms with Gasteiger partial charge in [0, 0.05) is 18.5 Å². The Hall–Kier alpha value is -1.78. The summed E-state index contributed by atoms with van der Waals surface area (Å²) in [4.78, 5) is 3.97. The van der Waals surface area contributed by atoms with Crippen molar-refractivity contribution in [1.82, 2.24) is 4.98 Å². The maximum absolute atomic E-state index is 13.6. The maximum atomic E-state index is 13.6. The number of hydrogen-bond acceptors (Lipinski definition) is 2. The topological polar surface area (TPSA) is 24.9 Å². The van der Waals surface area contributed by atoms with Crippen molar-refractivity contribution < 1.29 is 13.2 Å². The number of nitrogens with one attached hydrogen (secondary N) is 1. The molecule has 1 N–H and O–H groups in total. The van der Waals surface area contributed by atoms with Gasteiger partial charge in [0.25, 0.3) is 0 Å². The Morgan fingerprint density at radius 2 is 1.78 bits per heavy atom. The predicted molar refractivity (Wildman–Crippen MR) is 65.3 cm³/mol. The average Bonchev–Trinajstić information content (AvgIpc) is 2.34. The Kier molecular flexibility index (Phi) is 3.15. The molecular formula is C13H13F3N2. The highest BCUT2D eigenvalue weighted by Crippen LogP contribution is 2.30. The molecule has 0 saturated heterocycles. The van der Waals surface area contributed by atoms with Crippen LogP contribution >= 0.6 is 0 Å². The van der Waals surface area contributed by atoms with E-state index in [0.717, 1.165) is 5.56 Å². The summed E-state index contributed by atoms with van der Waals surface area (Å²) in [5, 5.41) is 2.81. The minimum absolute atomic E-state index is 0.00315. The summed E-state index contributed by atoms with van der Waals surface area (Å²) in [5.74, 6) is -2.63. The fourth-order valence-electron chi connectivity index (χ4n) is 1.88. The third-order valence-corrected chi connectivity index (χ3v) is 2.84. The zero-order valence-electron chi connectivity index (χ0n) is 10.3. The van der Waals surface area contributed by atoms with Gasteiger partial charge in [-0.3, -0.25) is 0 Å². The number of nitrogens with zero attached hydrogens (tertiary/aromatic N) is 1. The number of pyridine rings is 1. The highest BCUT2D eigenvalue weighted by atomic mass is 19.2. The zero-order chi connectivity index (χ0) is 13.4. The largest absolute Gasteiger partial charge is 0.373 e. The lowest BCUT2D eigenvalue weighted by molar-refractivity contribution is 0.504. The molecule has 96 valence electrons. The quantitative estimate of drug-likeness (QED) is 0.824. The van der Waals surface area contributed by atoms with Crippen LogP contribution < -0.4 is 5.32 Å². The monoisotopic (exact) mass is 254 g/mol. The molecule has 0 fully saturated rings. The minimum atomic E-state index is -1.23. The third-order valence-electron chi connectivity index (χ3n) is 2.84. The van der Waals surface area contributed by atoms with E-state index >= 15 is 0 Å². The van der Waals surface area contributed by atoms with Crippen molar-refractivity contribution in [2.45, 2.75) is 19.8 Å². The van der Waals surface area contributed by atoms with Crippen molar-refractivity contribution in [3.05, 3.63) is 35.1 Å². The molecule has 0 amide bonds. The molecule has 5 heteroatoms. The molecule has 0 aliphatic rings. The number of halogens is 3. The standard InChI is InChI=1S/C13H13F3N2/c1-6(2)7-4-8-9(14)5-10(15)11(16)12(8)18-13(7)17-3/h4-6H,1-3H3,(H,17,18). The van der Waals surface area contributed by atoms with Crippen LogP contribution in [0.5, 0.6) is 0 Å². The van der Waals surface area contributed by atoms with E-state index in [1.54, 1.807) is 7.05 Å². The molecule has 0 unspecified atom stereocenters. The number of hydrogen-bond donors (Lipinski definition) is 1. The smallest absolute Gasteiger partial charge is 0.185 e. The van der Waals surface area contributed by atoms with Crippen LogP contribution in [0.25, 0.3) is 10.9 Å². The fourth-order valence-corrected chi connectivity index (χ4v) is 1.88. The summed E-state index contributed by atoms with van der Waals surface area (Å²) < 4.78 is 40.4. The number of anilines is 1. The molecule has 0 saturated carbocycles. The van der Waals surface area contributed by atoms with Crippen LogP contribution in [-0.2, 0) is 0 Å². The van der Waals surface area contributed by atoms with Crippen LogP contribution in [0.4, 0.5) is 19.0 Å². The van der Waals surface area contributed by atoms with Crippen LogP contribution in [-0.4, -0.2) is 12.0 Å². The van der Waals surface area contributed by atoms with Crippen molar-refractivity contribution >= 4 is 16.7 Å². The lowest BCUT2D eigenvalue weighted by Crippen LogP contribution is -2.03. The molecule has 0 radical (unpaired) electrons. The van der Waals surface area contributed by atoms with Crippen LogP contribution in [0.15, 0.2) is 12.1 Å². The van der Waals surface area contributed by atoms with Gasteiger partial charge in [-0.15, -0.1) is 0 Å². The van der Waals surface area contributed by atoms with E-state index in [0.29, 0.717) is 11.9 Å². The lowest BCUT2D eigenvalue weighted by atomic mass is 10.0. The molecule has 2 rings (SSSR count). The van der Waals surface area contributed by atoms with E-state index in [2.05, 4.69) is 10.3 Å². The van der Waals surface area contributed by atoms with Gasteiger partial charge >= 0.3 is 0 Å². The summed E-state index contributed by atoms with van der Waals surface area (Å²) in [6.45, 7) is 3.84. The molecule has 0 aliphatic carbocycles. The summed E-state index contributed by atoms with van der Waals surface area (Å²) in [7, 11) is 1.63. The van der Waals surface area contributed by atoms with Crippen LogP contribution in [0.1, 0.15) is 25.3 Å². The Morgan fingerprint density at radius 3 is 2.33 bits per heavy atom. The first-order valence-corrected chi connectivity index (χ1v) is 5.61. The predicted octanol–water partition coefficient (Wildman–Crippen LogP) is 3.82. The van der Waals surface area contributed by atoms with Crippen molar-refractivity contribution in [1.29, 1.82) is 0 Å². The lowest BCUT2D eigenvalue weighted by Gasteiger charge is -2.13. The van der Waals surface area contributed by atoms with Gasteiger partial charge < -0.3 is 5.32 Å². The Labute approximate surface area is 103 Å². The first-order chi connectivity index (χ1) is 8.45. The molecule has 2 aromatic rings. The number of rotatable bonds is 2. The molecule has 1 heterocycles. The highest BCUT2D eigenvalue weighted by Gasteiger charge is 2.17. The number of aromatic nitrogens is 1. The van der Waals surface area contributed by atoms with E-state index < -0.39 is 17.5 Å². The second kappa shape index (κ2) is 4.48. The summed E-state index contributed by atoms with van der Waals surface area (Å²) in [6, 6.07) is 2.05. The summed E-state index contributed by atoms with van der Waals surface area (Å²) >= 11 is 0. The first-order valence-electron chi connectivity index (χ1n) is 5.61. The van der Waals surface area contributed by atoms with Crippen LogP contribution in [0.3, 0.4) is 0 Å². The Bertz CT molecular complexity index is 609. The van der Waals surface area contributed by atoms with Crippen molar-refractivity contribution in [3.8, 4) is 0 Å². The van der Waals surface area contributed by atoms with Gasteiger partial charge in [-0.2, -0.15) is 0 Å². The fraction of sp³-hybridized carbons (Fsp3) is 0.308. The van der Waals surface area contributed by atoms with E-state index in [4.69, 9.17) is 0 Å². The van der Waals surface area contributed by atoms with Gasteiger partial charge in [-0.05, 0) is 17.5 Å². The average molecular weight is 254 g/mol. The van der Waals surface area contributed by atoms with E-state index in [9.17, 15) is 13.2 Å². The minimum Gasteiger partial charge on any atom is -0.373 e. The first kappa shape index (κ1) is 12.7. The molecule has 1 aromatic carbocycles. The Morgan fingerprint density at radius 1 is 1.11 bits per heavy atom. The summed E-state index contributed by atoms with van der Waals surface area (Å²) in [6.07, 6.45) is 0. The van der Waals surface area contributed by atoms with E-state index in [1.807, 2.05) is 13.8 Å². The zero-order valence-corrected chi connectivity index (χ0v) is 10.3. The SMILES string of the molecule is CNc1nc2c(F)c(F)cc(F)c2cc1C(C)C. The second-order valence-corrected chi connectivity index (χ2v) is 4.38. The Balaban J connectivity index is 2.87. The molecule has 2 nitrogen and oxygen atoms in total. The van der Waals surface area contributed by atoms with E-state index in [1.165, 1.54) is 6.07 Å². The van der Waals surface area contributed by atoms with Gasteiger partial charge in [-0.1, -0.05) is 13.8 Å². The molecule has 18 heavy (non-hydrogen) atoms. The van der Waals surface area contributed by atoms with Crippen molar-refractivity contribution in [2.24, 2.45) is 0 Å². The number of benzene rings is 1. The van der Waals surface area contributed by atoms with Crippen LogP contribution in [0, 0.1) is 17.5 Å². The van der Waals surface area contributed by atoms with Gasteiger partial charge in [0.1, 0.15) is 17.2 Å². The molecular weight excluding hydrogens is 241 g/mol. The van der Waals surface area contributed by atoms with Gasteiger partial charge in [-0.25, -0.2) is 18.2 Å². The van der Waals surface area contributed by atoms with Gasteiger partial charge in [0.05, 0.1) is 0 Å². The molecule has 1 aromatic heterocycles. The summed E-state index contributed by atoms with van der Waals surface area (Å²) in [5.41, 5.74) is 0.469. The molecule has 0 aliphatic heterocycles. The maximum Gasteiger partial charge on any atom is 0.185 e. The van der Waals surface area contributed by atoms with Gasteiger partial charge in [0.15, 0.2) is 11.6 Å². The highest BCUT2D eigenvalue weighted by molar-refractivity contribution is 5.83. The molecule has 0 bridgehead atoms. The normalized spacial score (nSPS) is 11.3. The third kappa shape index (κ3) is 1.89. The molecule has 0 atom stereocenters. The molecule has 0 spiro atoms. The van der Waals surface area contributed by atoms with E-state index in [-0.39, 0.29) is 16.8 Å². The number of fused-ring (bicyclic) bond motifs is 1.